The molecule has 0 N–H and O–H groups in total. The summed E-state index contributed by atoms with van der Waals surface area (Å²) in [5.74, 6) is 0. The van der Waals surface area contributed by atoms with Gasteiger partial charge in [0.25, 0.3) is 0 Å². The van der Waals surface area contributed by atoms with E-state index in [4.69, 9.17) is 0 Å². The summed E-state index contributed by atoms with van der Waals surface area (Å²) < 4.78 is 1.09. The van der Waals surface area contributed by atoms with E-state index in [1.165, 1.54) is 12.8 Å². The first-order valence-electron chi connectivity index (χ1n) is 3.31. The molecule has 48 valence electrons. The van der Waals surface area contributed by atoms with Gasteiger partial charge in [-0.1, -0.05) is 26.7 Å². The van der Waals surface area contributed by atoms with Gasteiger partial charge in [0.2, 0.25) is 0 Å². The van der Waals surface area contributed by atoms with Gasteiger partial charge >= 0.3 is 20.4 Å². The molecule has 0 aromatic heterocycles. The molecule has 0 amide bonds. The van der Waals surface area contributed by atoms with E-state index >= 15 is 0 Å². The molecule has 0 aromatic rings. The summed E-state index contributed by atoms with van der Waals surface area (Å²) >= 11 is 0.327. The van der Waals surface area contributed by atoms with E-state index in [9.17, 15) is 0 Å². The lowest BCUT2D eigenvalue weighted by Gasteiger charge is -2.01. The summed E-state index contributed by atoms with van der Waals surface area (Å²) in [6, 6.07) is 0. The van der Waals surface area contributed by atoms with E-state index in [0.29, 0.717) is 20.4 Å². The van der Waals surface area contributed by atoms with E-state index < -0.39 is 0 Å². The SMILES string of the molecule is CCC[CH](C)[Mg][CH3].Cl. The minimum Gasteiger partial charge on any atom is -0.157 e. The summed E-state index contributed by atoms with van der Waals surface area (Å²) in [6.45, 7) is 4.64. The number of hydrogen-bond donors (Lipinski definition) is 0. The third kappa shape index (κ3) is 7.06. The second-order valence-electron chi connectivity index (χ2n) is 2.30. The van der Waals surface area contributed by atoms with E-state index in [2.05, 4.69) is 18.9 Å². The fourth-order valence-corrected chi connectivity index (χ4v) is 1.51. The van der Waals surface area contributed by atoms with Crippen LogP contribution in [0.5, 0.6) is 0 Å². The van der Waals surface area contributed by atoms with Crippen molar-refractivity contribution in [3.8, 4) is 0 Å². The quantitative estimate of drug-likeness (QED) is 0.538. The van der Waals surface area contributed by atoms with Gasteiger partial charge in [-0.3, -0.25) is 0 Å². The zero-order valence-electron chi connectivity index (χ0n) is 6.11. The van der Waals surface area contributed by atoms with Crippen LogP contribution in [0.1, 0.15) is 26.7 Å². The minimum absolute atomic E-state index is 0. The lowest BCUT2D eigenvalue weighted by atomic mass is 10.3. The van der Waals surface area contributed by atoms with E-state index in [1.807, 2.05) is 0 Å². The van der Waals surface area contributed by atoms with Gasteiger partial charge in [-0.2, -0.15) is 5.05 Å². The average molecular weight is 147 g/mol. The summed E-state index contributed by atoms with van der Waals surface area (Å²) in [6.07, 6.45) is 2.84. The standard InChI is InChI=1S/C5H11.CH3.ClH.Mg/c1-3-5-4-2;;;/h3H,4-5H2,1-2H3;1H3;1H;. The Morgan fingerprint density at radius 1 is 1.50 bits per heavy atom. The van der Waals surface area contributed by atoms with Gasteiger partial charge < -0.3 is 0 Å². The first-order chi connectivity index (χ1) is 3.31. The number of hydrogen-bond acceptors (Lipinski definition) is 0. The van der Waals surface area contributed by atoms with Crippen molar-refractivity contribution in [1.82, 2.24) is 0 Å². The van der Waals surface area contributed by atoms with Crippen molar-refractivity contribution >= 4 is 32.8 Å². The third-order valence-electron chi connectivity index (χ3n) is 1.48. The van der Waals surface area contributed by atoms with Gasteiger partial charge in [0.15, 0.2) is 0 Å². The predicted octanol–water partition coefficient (Wildman–Crippen LogP) is 2.77. The molecular formula is C6H15ClMg. The van der Waals surface area contributed by atoms with Gasteiger partial charge in [-0.05, 0) is 0 Å². The van der Waals surface area contributed by atoms with E-state index in [-0.39, 0.29) is 12.4 Å². The molecule has 1 atom stereocenters. The monoisotopic (exact) mass is 146 g/mol. The highest BCUT2D eigenvalue weighted by Gasteiger charge is 1.97. The molecule has 0 heterocycles. The van der Waals surface area contributed by atoms with Crippen molar-refractivity contribution in [2.24, 2.45) is 0 Å². The molecule has 0 nitrogen and oxygen atoms in total. The molecular weight excluding hydrogens is 132 g/mol. The fourth-order valence-electron chi connectivity index (χ4n) is 0.697. The Bertz CT molecular complexity index is 39.5. The van der Waals surface area contributed by atoms with Crippen LogP contribution in [0.25, 0.3) is 0 Å². The fraction of sp³-hybridized carbons (Fsp3) is 1.00. The van der Waals surface area contributed by atoms with Crippen molar-refractivity contribution < 1.29 is 0 Å². The predicted molar refractivity (Wildman–Crippen MR) is 43.2 cm³/mol. The van der Waals surface area contributed by atoms with Crippen molar-refractivity contribution in [2.45, 2.75) is 35.8 Å². The maximum Gasteiger partial charge on any atom is 0.364 e. The van der Waals surface area contributed by atoms with Gasteiger partial charge in [-0.25, -0.2) is 0 Å². The Balaban J connectivity index is 0. The third-order valence-corrected chi connectivity index (χ3v) is 3.28. The van der Waals surface area contributed by atoms with Crippen molar-refractivity contribution in [1.29, 1.82) is 0 Å². The molecule has 0 aliphatic heterocycles. The van der Waals surface area contributed by atoms with Crippen LogP contribution < -0.4 is 0 Å². The molecule has 8 heavy (non-hydrogen) atoms. The largest absolute Gasteiger partial charge is 0.364 e. The summed E-state index contributed by atoms with van der Waals surface area (Å²) in [5, 5.41) is 2.39. The molecule has 0 saturated heterocycles. The van der Waals surface area contributed by atoms with E-state index in [0.717, 1.165) is 4.05 Å². The van der Waals surface area contributed by atoms with Crippen molar-refractivity contribution in [3.63, 3.8) is 0 Å². The van der Waals surface area contributed by atoms with Crippen LogP contribution >= 0.6 is 12.4 Å². The zero-order valence-corrected chi connectivity index (χ0v) is 8.34. The Hall–Kier alpha value is 1.06. The number of rotatable bonds is 3. The smallest absolute Gasteiger partial charge is 0.157 e. The van der Waals surface area contributed by atoms with Gasteiger partial charge in [0, 0.05) is 0 Å². The molecule has 0 aromatic carbocycles. The summed E-state index contributed by atoms with van der Waals surface area (Å²) in [7, 11) is 0. The van der Waals surface area contributed by atoms with Gasteiger partial charge in [0.05, 0.1) is 0 Å². The Kier molecular flexibility index (Phi) is 11.9. The molecule has 0 radical (unpaired) electrons. The molecule has 0 aliphatic carbocycles. The highest BCUT2D eigenvalue weighted by atomic mass is 35.5. The highest BCUT2D eigenvalue weighted by Crippen LogP contribution is 2.08. The molecule has 0 rings (SSSR count). The second kappa shape index (κ2) is 8.06. The number of halogens is 1. The van der Waals surface area contributed by atoms with Crippen LogP contribution in [0.4, 0.5) is 0 Å². The normalized spacial score (nSPS) is 11.4. The maximum atomic E-state index is 2.39. The van der Waals surface area contributed by atoms with Crippen molar-refractivity contribution in [3.05, 3.63) is 0 Å². The molecule has 1 unspecified atom stereocenters. The van der Waals surface area contributed by atoms with Gasteiger partial charge in [-0.15, -0.1) is 16.5 Å². The molecule has 2 heteroatoms. The Morgan fingerprint density at radius 2 is 2.00 bits per heavy atom. The zero-order chi connectivity index (χ0) is 5.70. The first kappa shape index (κ1) is 11.8. The van der Waals surface area contributed by atoms with Crippen LogP contribution in [0.3, 0.4) is 0 Å². The van der Waals surface area contributed by atoms with Crippen LogP contribution in [0.2, 0.25) is 9.10 Å². The second-order valence-corrected chi connectivity index (χ2v) is 4.51. The minimum atomic E-state index is 0. The van der Waals surface area contributed by atoms with Crippen molar-refractivity contribution in [2.75, 3.05) is 0 Å². The highest BCUT2D eigenvalue weighted by molar-refractivity contribution is 6.35. The summed E-state index contributed by atoms with van der Waals surface area (Å²) in [4.78, 5) is 0. The summed E-state index contributed by atoms with van der Waals surface area (Å²) in [5.41, 5.74) is 0. The molecule has 0 saturated carbocycles. The lowest BCUT2D eigenvalue weighted by Crippen LogP contribution is -1.91. The van der Waals surface area contributed by atoms with Crippen LogP contribution in [0, 0.1) is 0 Å². The lowest BCUT2D eigenvalue weighted by molar-refractivity contribution is 0.763. The molecule has 0 spiro atoms. The molecule has 0 bridgehead atoms. The Morgan fingerprint density at radius 3 is 2.12 bits per heavy atom. The van der Waals surface area contributed by atoms with Crippen LogP contribution in [0.15, 0.2) is 0 Å². The van der Waals surface area contributed by atoms with Crippen LogP contribution in [-0.4, -0.2) is 20.4 Å². The Labute approximate surface area is 68.6 Å². The van der Waals surface area contributed by atoms with Crippen LogP contribution in [-0.2, 0) is 0 Å². The first-order valence-corrected chi connectivity index (χ1v) is 5.54. The molecule has 0 aliphatic rings. The average Bonchev–Trinajstić information content (AvgIpc) is 1.68. The van der Waals surface area contributed by atoms with Gasteiger partial charge in [0.1, 0.15) is 0 Å². The van der Waals surface area contributed by atoms with E-state index in [1.54, 1.807) is 0 Å². The molecule has 0 fully saturated rings. The maximum absolute atomic E-state index is 2.39. The topological polar surface area (TPSA) is 0 Å².